The number of alkyl halides is 3. The van der Waals surface area contributed by atoms with Gasteiger partial charge in [0.1, 0.15) is 12.0 Å². The largest absolute Gasteiger partial charge is 0.468 e. The fourth-order valence-corrected chi connectivity index (χ4v) is 0.566. The molecule has 1 heterocycles. The van der Waals surface area contributed by atoms with Crippen molar-refractivity contribution in [1.29, 1.82) is 0 Å². The molecule has 0 aliphatic carbocycles. The maximum Gasteiger partial charge on any atom is 0.468 e. The highest BCUT2D eigenvalue weighted by Crippen LogP contribution is 2.28. The number of aromatic nitrogens is 1. The summed E-state index contributed by atoms with van der Waals surface area (Å²) in [4.78, 5) is 13.4. The standard InChI is InChI=1S/C6H4F3NO2/c1-3(11)4-2-12-5(10-4)6(7,8)9/h2H,1H3. The Hall–Kier alpha value is -1.33. The van der Waals surface area contributed by atoms with E-state index >= 15 is 0 Å². The molecule has 0 aliphatic heterocycles. The van der Waals surface area contributed by atoms with Crippen molar-refractivity contribution in [2.75, 3.05) is 0 Å². The lowest BCUT2D eigenvalue weighted by molar-refractivity contribution is -0.157. The molecule has 0 fully saturated rings. The highest BCUT2D eigenvalue weighted by atomic mass is 19.4. The minimum absolute atomic E-state index is 0.317. The minimum Gasteiger partial charge on any atom is -0.441 e. The predicted molar refractivity (Wildman–Crippen MR) is 31.5 cm³/mol. The number of halogens is 3. The number of rotatable bonds is 1. The summed E-state index contributed by atoms with van der Waals surface area (Å²) in [5.74, 6) is -1.96. The third-order valence-corrected chi connectivity index (χ3v) is 1.11. The van der Waals surface area contributed by atoms with Gasteiger partial charge in [-0.1, -0.05) is 0 Å². The van der Waals surface area contributed by atoms with Gasteiger partial charge < -0.3 is 4.42 Å². The van der Waals surface area contributed by atoms with Crippen molar-refractivity contribution in [3.05, 3.63) is 17.8 Å². The van der Waals surface area contributed by atoms with E-state index in [0.29, 0.717) is 6.26 Å². The van der Waals surface area contributed by atoms with E-state index in [1.807, 2.05) is 0 Å². The lowest BCUT2D eigenvalue weighted by Gasteiger charge is -1.97. The first-order valence-electron chi connectivity index (χ1n) is 2.95. The Balaban J connectivity index is 3.00. The fraction of sp³-hybridized carbons (Fsp3) is 0.333. The van der Waals surface area contributed by atoms with Crippen LogP contribution >= 0.6 is 0 Å². The van der Waals surface area contributed by atoms with Gasteiger partial charge in [0, 0.05) is 6.92 Å². The van der Waals surface area contributed by atoms with Crippen LogP contribution in [0.15, 0.2) is 10.7 Å². The fourth-order valence-electron chi connectivity index (χ4n) is 0.566. The van der Waals surface area contributed by atoms with Crippen molar-refractivity contribution in [1.82, 2.24) is 4.98 Å². The van der Waals surface area contributed by atoms with Gasteiger partial charge in [-0.25, -0.2) is 4.98 Å². The van der Waals surface area contributed by atoms with E-state index in [2.05, 4.69) is 9.40 Å². The van der Waals surface area contributed by atoms with E-state index in [9.17, 15) is 18.0 Å². The van der Waals surface area contributed by atoms with E-state index < -0.39 is 17.9 Å². The number of carbonyl (C=O) groups is 1. The van der Waals surface area contributed by atoms with Gasteiger partial charge in [-0.15, -0.1) is 0 Å². The molecule has 0 bridgehead atoms. The smallest absolute Gasteiger partial charge is 0.441 e. The third-order valence-electron chi connectivity index (χ3n) is 1.11. The summed E-state index contributed by atoms with van der Waals surface area (Å²) < 4.78 is 39.4. The van der Waals surface area contributed by atoms with Gasteiger partial charge in [-0.05, 0) is 0 Å². The lowest BCUT2D eigenvalue weighted by atomic mass is 10.3. The van der Waals surface area contributed by atoms with Crippen LogP contribution < -0.4 is 0 Å². The zero-order valence-corrected chi connectivity index (χ0v) is 5.97. The van der Waals surface area contributed by atoms with E-state index in [1.54, 1.807) is 0 Å². The Kier molecular flexibility index (Phi) is 1.91. The zero-order chi connectivity index (χ0) is 9.35. The number of hydrogen-bond acceptors (Lipinski definition) is 3. The van der Waals surface area contributed by atoms with Crippen LogP contribution in [0.2, 0.25) is 0 Å². The first kappa shape index (κ1) is 8.76. The SMILES string of the molecule is CC(=O)c1coc(C(F)(F)F)n1. The summed E-state index contributed by atoms with van der Waals surface area (Å²) in [5, 5.41) is 0. The lowest BCUT2D eigenvalue weighted by Crippen LogP contribution is -2.05. The topological polar surface area (TPSA) is 43.1 Å². The Morgan fingerprint density at radius 1 is 1.58 bits per heavy atom. The summed E-state index contributed by atoms with van der Waals surface area (Å²) in [6, 6.07) is 0. The molecule has 1 aromatic heterocycles. The van der Waals surface area contributed by atoms with Crippen LogP contribution in [0, 0.1) is 0 Å². The van der Waals surface area contributed by atoms with Crippen LogP contribution in [0.3, 0.4) is 0 Å². The molecule has 0 radical (unpaired) electrons. The number of nitrogens with zero attached hydrogens (tertiary/aromatic N) is 1. The number of oxazole rings is 1. The van der Waals surface area contributed by atoms with Gasteiger partial charge in [-0.2, -0.15) is 13.2 Å². The second-order valence-electron chi connectivity index (χ2n) is 2.09. The van der Waals surface area contributed by atoms with Gasteiger partial charge in [0.25, 0.3) is 0 Å². The summed E-state index contributed by atoms with van der Waals surface area (Å²) in [5.41, 5.74) is -0.317. The van der Waals surface area contributed by atoms with Gasteiger partial charge in [0.05, 0.1) is 0 Å². The molecular weight excluding hydrogens is 175 g/mol. The van der Waals surface area contributed by atoms with Crippen LogP contribution in [0.1, 0.15) is 23.3 Å². The van der Waals surface area contributed by atoms with Crippen molar-refractivity contribution in [2.24, 2.45) is 0 Å². The van der Waals surface area contributed by atoms with Crippen molar-refractivity contribution < 1.29 is 22.4 Å². The number of carbonyl (C=O) groups excluding carboxylic acids is 1. The molecular formula is C6H4F3NO2. The Bertz CT molecular complexity index is 302. The van der Waals surface area contributed by atoms with Gasteiger partial charge >= 0.3 is 12.1 Å². The highest BCUT2D eigenvalue weighted by Gasteiger charge is 2.37. The summed E-state index contributed by atoms with van der Waals surface area (Å²) in [6.45, 7) is 1.11. The number of ketones is 1. The Labute approximate surface area is 65.2 Å². The molecule has 66 valence electrons. The maximum atomic E-state index is 11.8. The highest BCUT2D eigenvalue weighted by molar-refractivity contribution is 5.91. The molecule has 1 aromatic rings. The first-order valence-corrected chi connectivity index (χ1v) is 2.95. The zero-order valence-electron chi connectivity index (χ0n) is 5.97. The van der Waals surface area contributed by atoms with E-state index in [0.717, 1.165) is 6.92 Å². The summed E-state index contributed by atoms with van der Waals surface area (Å²) in [7, 11) is 0. The molecule has 3 nitrogen and oxygen atoms in total. The maximum absolute atomic E-state index is 11.8. The third kappa shape index (κ3) is 1.63. The van der Waals surface area contributed by atoms with Crippen LogP contribution in [0.4, 0.5) is 13.2 Å². The van der Waals surface area contributed by atoms with Gasteiger partial charge in [-0.3, -0.25) is 4.79 Å². The molecule has 0 saturated carbocycles. The molecule has 12 heavy (non-hydrogen) atoms. The first-order chi connectivity index (χ1) is 5.41. The summed E-state index contributed by atoms with van der Waals surface area (Å²) in [6.07, 6.45) is -3.95. The molecule has 6 heteroatoms. The Morgan fingerprint density at radius 3 is 2.42 bits per heavy atom. The number of hydrogen-bond donors (Lipinski definition) is 0. The second-order valence-corrected chi connectivity index (χ2v) is 2.09. The number of Topliss-reactive ketones (excluding diaryl/α,β-unsaturated/α-hetero) is 1. The van der Waals surface area contributed by atoms with Crippen molar-refractivity contribution in [2.45, 2.75) is 13.1 Å². The van der Waals surface area contributed by atoms with Gasteiger partial charge in [0.2, 0.25) is 0 Å². The monoisotopic (exact) mass is 179 g/mol. The van der Waals surface area contributed by atoms with E-state index in [1.165, 1.54) is 0 Å². The van der Waals surface area contributed by atoms with Crippen LogP contribution in [0.25, 0.3) is 0 Å². The normalized spacial score (nSPS) is 11.7. The second kappa shape index (κ2) is 2.62. The van der Waals surface area contributed by atoms with Crippen LogP contribution in [-0.4, -0.2) is 10.8 Å². The van der Waals surface area contributed by atoms with Crippen LogP contribution in [0.5, 0.6) is 0 Å². The molecule has 0 amide bonds. The van der Waals surface area contributed by atoms with Crippen molar-refractivity contribution in [3.8, 4) is 0 Å². The molecule has 0 aliphatic rings. The van der Waals surface area contributed by atoms with Crippen LogP contribution in [-0.2, 0) is 6.18 Å². The molecule has 0 aromatic carbocycles. The molecule has 0 N–H and O–H groups in total. The average molecular weight is 179 g/mol. The quantitative estimate of drug-likeness (QED) is 0.618. The van der Waals surface area contributed by atoms with Gasteiger partial charge in [0.15, 0.2) is 5.78 Å². The predicted octanol–water partition coefficient (Wildman–Crippen LogP) is 1.90. The molecule has 1 rings (SSSR count). The molecule has 0 unspecified atom stereocenters. The van der Waals surface area contributed by atoms with E-state index in [4.69, 9.17) is 0 Å². The molecule has 0 atom stereocenters. The van der Waals surface area contributed by atoms with Crippen molar-refractivity contribution >= 4 is 5.78 Å². The minimum atomic E-state index is -4.63. The Morgan fingerprint density at radius 2 is 2.17 bits per heavy atom. The molecule has 0 spiro atoms. The van der Waals surface area contributed by atoms with E-state index in [-0.39, 0.29) is 5.69 Å². The average Bonchev–Trinajstić information content (AvgIpc) is 2.30. The van der Waals surface area contributed by atoms with Crippen molar-refractivity contribution in [3.63, 3.8) is 0 Å². The summed E-state index contributed by atoms with van der Waals surface area (Å²) >= 11 is 0. The molecule has 0 saturated heterocycles.